The van der Waals surface area contributed by atoms with E-state index in [1.807, 2.05) is 6.07 Å². The summed E-state index contributed by atoms with van der Waals surface area (Å²) in [5, 5.41) is 3.51. The Bertz CT molecular complexity index is 386. The molecule has 0 atom stereocenters. The fraction of sp³-hybridized carbons (Fsp3) is 0.538. The van der Waals surface area contributed by atoms with Gasteiger partial charge in [0.2, 0.25) is 0 Å². The number of halogens is 2. The molecule has 0 radical (unpaired) electrons. The van der Waals surface area contributed by atoms with Crippen molar-refractivity contribution in [2.24, 2.45) is 11.3 Å². The average molecular weight is 242 g/mol. The van der Waals surface area contributed by atoms with Crippen molar-refractivity contribution in [3.05, 3.63) is 34.6 Å². The zero-order chi connectivity index (χ0) is 11.8. The van der Waals surface area contributed by atoms with Crippen molar-refractivity contribution in [3.8, 4) is 0 Å². The van der Waals surface area contributed by atoms with Crippen LogP contribution in [0.5, 0.6) is 0 Å². The number of nitrogens with one attached hydrogen (secondary N) is 1. The van der Waals surface area contributed by atoms with Crippen LogP contribution in [0.15, 0.2) is 18.2 Å². The predicted molar refractivity (Wildman–Crippen MR) is 65.3 cm³/mol. The molecule has 1 aliphatic rings. The normalized spacial score (nSPS) is 18.6. The second kappa shape index (κ2) is 4.34. The van der Waals surface area contributed by atoms with Crippen LogP contribution in [-0.2, 0) is 6.42 Å². The van der Waals surface area contributed by atoms with Crippen molar-refractivity contribution in [2.45, 2.75) is 20.3 Å². The summed E-state index contributed by atoms with van der Waals surface area (Å²) in [4.78, 5) is 0. The summed E-state index contributed by atoms with van der Waals surface area (Å²) in [6, 6.07) is 5.13. The Morgan fingerprint density at radius 2 is 2.12 bits per heavy atom. The Morgan fingerprint density at radius 1 is 1.44 bits per heavy atom. The minimum absolute atomic E-state index is 0.203. The monoisotopic (exact) mass is 241 g/mol. The number of rotatable bonds is 3. The molecular weight excluding hydrogens is 225 g/mol. The van der Waals surface area contributed by atoms with E-state index in [9.17, 15) is 4.39 Å². The van der Waals surface area contributed by atoms with E-state index in [0.29, 0.717) is 11.3 Å². The van der Waals surface area contributed by atoms with Crippen molar-refractivity contribution in [1.82, 2.24) is 5.32 Å². The molecule has 0 aliphatic carbocycles. The van der Waals surface area contributed by atoms with Gasteiger partial charge in [-0.2, -0.15) is 0 Å². The van der Waals surface area contributed by atoms with E-state index in [1.54, 1.807) is 12.1 Å². The Kier molecular flexibility index (Phi) is 3.22. The summed E-state index contributed by atoms with van der Waals surface area (Å²) in [5.74, 6) is 0.290. The average Bonchev–Trinajstić information content (AvgIpc) is 2.16. The minimum Gasteiger partial charge on any atom is -0.315 e. The van der Waals surface area contributed by atoms with Gasteiger partial charge in [-0.1, -0.05) is 31.5 Å². The minimum atomic E-state index is -0.314. The van der Waals surface area contributed by atoms with Crippen molar-refractivity contribution in [1.29, 1.82) is 0 Å². The highest BCUT2D eigenvalue weighted by molar-refractivity contribution is 6.30. The van der Waals surface area contributed by atoms with Crippen LogP contribution in [-0.4, -0.2) is 13.1 Å². The van der Waals surface area contributed by atoms with Gasteiger partial charge in [0.05, 0.1) is 5.02 Å². The third kappa shape index (κ3) is 2.09. The quantitative estimate of drug-likeness (QED) is 0.857. The van der Waals surface area contributed by atoms with Gasteiger partial charge in [0.25, 0.3) is 0 Å². The summed E-state index contributed by atoms with van der Waals surface area (Å²) >= 11 is 5.67. The van der Waals surface area contributed by atoms with Crippen molar-refractivity contribution < 1.29 is 4.39 Å². The fourth-order valence-corrected chi connectivity index (χ4v) is 2.36. The molecule has 2 rings (SSSR count). The summed E-state index contributed by atoms with van der Waals surface area (Å²) in [7, 11) is 0. The first kappa shape index (κ1) is 11.9. The van der Waals surface area contributed by atoms with E-state index >= 15 is 0 Å². The summed E-state index contributed by atoms with van der Waals surface area (Å²) < 4.78 is 13.3. The van der Waals surface area contributed by atoms with Crippen molar-refractivity contribution in [3.63, 3.8) is 0 Å². The van der Waals surface area contributed by atoms with Gasteiger partial charge in [-0.05, 0) is 30.0 Å². The molecule has 1 fully saturated rings. The van der Waals surface area contributed by atoms with Crippen molar-refractivity contribution in [2.75, 3.05) is 13.1 Å². The predicted octanol–water partition coefficient (Wildman–Crippen LogP) is 3.27. The molecule has 0 amide bonds. The van der Waals surface area contributed by atoms with Gasteiger partial charge < -0.3 is 5.32 Å². The zero-order valence-electron chi connectivity index (χ0n) is 9.69. The second-order valence-electron chi connectivity index (χ2n) is 5.05. The smallest absolute Gasteiger partial charge is 0.142 e. The molecule has 88 valence electrons. The molecule has 0 unspecified atom stereocenters. The summed E-state index contributed by atoms with van der Waals surface area (Å²) in [5.41, 5.74) is 1.33. The number of hydrogen-bond acceptors (Lipinski definition) is 1. The highest BCUT2D eigenvalue weighted by Gasteiger charge is 2.39. The van der Waals surface area contributed by atoms with Gasteiger partial charge in [-0.25, -0.2) is 4.39 Å². The SMILES string of the molecule is CC(C)C1(Cc2ccc(Cl)c(F)c2)CNC1. The van der Waals surface area contributed by atoms with Crippen LogP contribution in [0.2, 0.25) is 5.02 Å². The van der Waals surface area contributed by atoms with Gasteiger partial charge in [0.15, 0.2) is 0 Å². The molecular formula is C13H17ClFN. The highest BCUT2D eigenvalue weighted by Crippen LogP contribution is 2.36. The van der Waals surface area contributed by atoms with Gasteiger partial charge in [0.1, 0.15) is 5.82 Å². The Hall–Kier alpha value is -0.600. The lowest BCUT2D eigenvalue weighted by Gasteiger charge is -2.46. The standard InChI is InChI=1S/C13H17ClFN/c1-9(2)13(7-16-8-13)6-10-3-4-11(14)12(15)5-10/h3-5,9,16H,6-8H2,1-2H3. The number of hydrogen-bond donors (Lipinski definition) is 1. The lowest BCUT2D eigenvalue weighted by Crippen LogP contribution is -2.57. The van der Waals surface area contributed by atoms with Crippen LogP contribution < -0.4 is 5.32 Å². The van der Waals surface area contributed by atoms with Crippen LogP contribution >= 0.6 is 11.6 Å². The maximum Gasteiger partial charge on any atom is 0.142 e. The molecule has 16 heavy (non-hydrogen) atoms. The fourth-order valence-electron chi connectivity index (χ4n) is 2.24. The van der Waals surface area contributed by atoms with Gasteiger partial charge in [-0.3, -0.25) is 0 Å². The topological polar surface area (TPSA) is 12.0 Å². The molecule has 1 nitrogen and oxygen atoms in total. The van der Waals surface area contributed by atoms with E-state index in [0.717, 1.165) is 25.1 Å². The third-order valence-electron chi connectivity index (χ3n) is 3.72. The summed E-state index contributed by atoms with van der Waals surface area (Å²) in [6.07, 6.45) is 0.922. The molecule has 1 aromatic rings. The van der Waals surface area contributed by atoms with E-state index in [4.69, 9.17) is 11.6 Å². The van der Waals surface area contributed by atoms with Gasteiger partial charge >= 0.3 is 0 Å². The van der Waals surface area contributed by atoms with Crippen LogP contribution in [0.3, 0.4) is 0 Å². The second-order valence-corrected chi connectivity index (χ2v) is 5.45. The molecule has 1 saturated heterocycles. The van der Waals surface area contributed by atoms with E-state index < -0.39 is 0 Å². The van der Waals surface area contributed by atoms with Gasteiger partial charge in [-0.15, -0.1) is 0 Å². The first-order chi connectivity index (χ1) is 7.53. The Labute approximate surface area is 101 Å². The van der Waals surface area contributed by atoms with Crippen molar-refractivity contribution >= 4 is 11.6 Å². The van der Waals surface area contributed by atoms with Gasteiger partial charge in [0, 0.05) is 18.5 Å². The highest BCUT2D eigenvalue weighted by atomic mass is 35.5. The molecule has 0 saturated carbocycles. The maximum absolute atomic E-state index is 13.3. The molecule has 0 spiro atoms. The van der Waals surface area contributed by atoms with Crippen LogP contribution in [0.4, 0.5) is 4.39 Å². The molecule has 3 heteroatoms. The van der Waals surface area contributed by atoms with Crippen LogP contribution in [0.25, 0.3) is 0 Å². The molecule has 1 aromatic carbocycles. The first-order valence-electron chi connectivity index (χ1n) is 5.68. The first-order valence-corrected chi connectivity index (χ1v) is 6.06. The van der Waals surface area contributed by atoms with E-state index in [1.165, 1.54) is 0 Å². The Morgan fingerprint density at radius 3 is 2.56 bits per heavy atom. The molecule has 0 aromatic heterocycles. The lowest BCUT2D eigenvalue weighted by atomic mass is 9.68. The van der Waals surface area contributed by atoms with E-state index in [2.05, 4.69) is 19.2 Å². The number of benzene rings is 1. The Balaban J connectivity index is 2.16. The largest absolute Gasteiger partial charge is 0.315 e. The lowest BCUT2D eigenvalue weighted by molar-refractivity contribution is 0.0994. The maximum atomic E-state index is 13.3. The summed E-state index contributed by atoms with van der Waals surface area (Å²) in [6.45, 7) is 6.50. The zero-order valence-corrected chi connectivity index (χ0v) is 10.4. The molecule has 1 heterocycles. The third-order valence-corrected chi connectivity index (χ3v) is 4.03. The molecule has 1 N–H and O–H groups in total. The molecule has 0 bridgehead atoms. The van der Waals surface area contributed by atoms with Crippen LogP contribution in [0, 0.1) is 17.2 Å². The van der Waals surface area contributed by atoms with E-state index in [-0.39, 0.29) is 10.8 Å². The van der Waals surface area contributed by atoms with Crippen LogP contribution in [0.1, 0.15) is 19.4 Å². The molecule has 1 aliphatic heterocycles.